The van der Waals surface area contributed by atoms with Crippen LogP contribution in [0, 0.1) is 16.7 Å². The van der Waals surface area contributed by atoms with Crippen LogP contribution in [0.3, 0.4) is 0 Å². The molecule has 2 aliphatic rings. The van der Waals surface area contributed by atoms with E-state index >= 15 is 0 Å². The molecule has 2 rings (SSSR count). The quantitative estimate of drug-likeness (QED) is 0.0963. The van der Waals surface area contributed by atoms with E-state index < -0.39 is 0 Å². The van der Waals surface area contributed by atoms with Crippen LogP contribution in [-0.4, -0.2) is 45.8 Å². The summed E-state index contributed by atoms with van der Waals surface area (Å²) in [6.07, 6.45) is 18.2. The Morgan fingerprint density at radius 2 is 1.02 bits per heavy atom. The van der Waals surface area contributed by atoms with Crippen LogP contribution in [0.2, 0.25) is 0 Å². The zero-order valence-corrected chi connectivity index (χ0v) is 30.9. The van der Waals surface area contributed by atoms with E-state index in [1.807, 2.05) is 41.5 Å². The van der Waals surface area contributed by atoms with E-state index in [1.54, 1.807) is 0 Å². The Morgan fingerprint density at radius 3 is 1.48 bits per heavy atom. The number of aliphatic hydroxyl groups excluding tert-OH is 2. The van der Waals surface area contributed by atoms with Gasteiger partial charge in [0, 0.05) is 49.7 Å². The first kappa shape index (κ1) is 39.9. The average molecular weight is 641 g/mol. The molecule has 0 amide bonds. The Balaban J connectivity index is 1.85. The fraction of sp³-hybridized carbons (Fsp3) is 0.800. The Kier molecular flexibility index (Phi) is 17.0. The number of Topliss-reactive ketones (excluding diaryl/α,β-unsaturated/α-hetero) is 2. The molecule has 46 heavy (non-hydrogen) atoms. The maximum absolute atomic E-state index is 13.1. The van der Waals surface area contributed by atoms with Gasteiger partial charge in [-0.15, -0.1) is 0 Å². The monoisotopic (exact) mass is 641 g/mol. The molecular weight excluding hydrogens is 572 g/mol. The first-order chi connectivity index (χ1) is 21.6. The Labute approximate surface area is 281 Å². The third-order valence-electron chi connectivity index (χ3n) is 9.27. The van der Waals surface area contributed by atoms with Crippen LogP contribution in [0.5, 0.6) is 0 Å². The molecule has 0 atom stereocenters. The number of unbranched alkanes of at least 4 members (excludes halogenated alkanes) is 10. The van der Waals surface area contributed by atoms with Crippen LogP contribution in [0.4, 0.5) is 0 Å². The summed E-state index contributed by atoms with van der Waals surface area (Å²) in [5.41, 5.74) is 2.15. The standard InChI is InChI=1S/C40H68N2O4/c1-29(2)21-17-13-11-12-16-20-24-41-31(37-33(43)25-39(5,6)26-34(37)44)22-18-14-9-10-15-19-23-32(42-30(3)4)38-35(45)27-40(7,8)28-36(38)46/h29-30,43,45H,9-28H2,1-8H3. The number of rotatable bonds is 21. The second kappa shape index (κ2) is 19.5. The van der Waals surface area contributed by atoms with Crippen LogP contribution in [0.25, 0.3) is 0 Å². The lowest BCUT2D eigenvalue weighted by Gasteiger charge is -2.30. The largest absolute Gasteiger partial charge is 0.511 e. The third-order valence-corrected chi connectivity index (χ3v) is 9.27. The zero-order chi connectivity index (χ0) is 34.3. The van der Waals surface area contributed by atoms with Crippen molar-refractivity contribution in [2.45, 2.75) is 183 Å². The summed E-state index contributed by atoms with van der Waals surface area (Å²) in [5, 5.41) is 21.6. The van der Waals surface area contributed by atoms with E-state index in [9.17, 15) is 19.8 Å². The van der Waals surface area contributed by atoms with Crippen molar-refractivity contribution in [2.24, 2.45) is 26.7 Å². The van der Waals surface area contributed by atoms with Gasteiger partial charge in [0.25, 0.3) is 0 Å². The maximum atomic E-state index is 13.1. The summed E-state index contributed by atoms with van der Waals surface area (Å²) in [6.45, 7) is 17.5. The van der Waals surface area contributed by atoms with Crippen molar-refractivity contribution in [1.29, 1.82) is 0 Å². The molecule has 0 aromatic heterocycles. The molecule has 0 spiro atoms. The minimum atomic E-state index is -0.207. The van der Waals surface area contributed by atoms with Gasteiger partial charge in [0.15, 0.2) is 11.6 Å². The third kappa shape index (κ3) is 14.7. The van der Waals surface area contributed by atoms with Crippen LogP contribution in [0.15, 0.2) is 32.6 Å². The highest BCUT2D eigenvalue weighted by Gasteiger charge is 2.36. The summed E-state index contributed by atoms with van der Waals surface area (Å²) in [4.78, 5) is 35.7. The van der Waals surface area contributed by atoms with E-state index in [2.05, 4.69) is 13.8 Å². The lowest BCUT2D eigenvalue weighted by Crippen LogP contribution is -2.29. The van der Waals surface area contributed by atoms with Gasteiger partial charge in [-0.25, -0.2) is 0 Å². The molecule has 6 nitrogen and oxygen atoms in total. The van der Waals surface area contributed by atoms with Gasteiger partial charge >= 0.3 is 0 Å². The number of hydrogen-bond donors (Lipinski definition) is 2. The molecule has 6 heteroatoms. The fourth-order valence-corrected chi connectivity index (χ4v) is 6.96. The summed E-state index contributed by atoms with van der Waals surface area (Å²) in [7, 11) is 0. The molecule has 2 aliphatic carbocycles. The molecule has 0 aromatic carbocycles. The summed E-state index contributed by atoms with van der Waals surface area (Å²) in [6, 6.07) is 0.0742. The number of nitrogens with zero attached hydrogens (tertiary/aromatic N) is 2. The number of carbonyl (C=O) groups excluding carboxylic acids is 2. The number of allylic oxidation sites excluding steroid dienone is 4. The predicted molar refractivity (Wildman–Crippen MR) is 194 cm³/mol. The van der Waals surface area contributed by atoms with Gasteiger partial charge in [0.2, 0.25) is 0 Å². The number of hydrogen-bond acceptors (Lipinski definition) is 6. The van der Waals surface area contributed by atoms with Gasteiger partial charge in [-0.1, -0.05) is 106 Å². The van der Waals surface area contributed by atoms with Gasteiger partial charge in [-0.3, -0.25) is 19.6 Å². The smallest absolute Gasteiger partial charge is 0.168 e. The number of aliphatic hydroxyl groups is 2. The first-order valence-electron chi connectivity index (χ1n) is 18.6. The summed E-state index contributed by atoms with van der Waals surface area (Å²) >= 11 is 0. The molecule has 0 aliphatic heterocycles. The highest BCUT2D eigenvalue weighted by atomic mass is 16.3. The second-order valence-electron chi connectivity index (χ2n) is 16.4. The highest BCUT2D eigenvalue weighted by Crippen LogP contribution is 2.38. The number of aliphatic imine (C=N–C) groups is 2. The van der Waals surface area contributed by atoms with Crippen molar-refractivity contribution in [3.8, 4) is 0 Å². The number of carbonyl (C=O) groups is 2. The average Bonchev–Trinajstić information content (AvgIpc) is 2.90. The lowest BCUT2D eigenvalue weighted by molar-refractivity contribution is -0.118. The lowest BCUT2D eigenvalue weighted by atomic mass is 9.75. The molecule has 0 saturated carbocycles. The molecule has 0 radical (unpaired) electrons. The maximum Gasteiger partial charge on any atom is 0.168 e. The van der Waals surface area contributed by atoms with Gasteiger partial charge < -0.3 is 10.2 Å². The van der Waals surface area contributed by atoms with E-state index in [1.165, 1.54) is 32.1 Å². The van der Waals surface area contributed by atoms with E-state index in [0.29, 0.717) is 43.3 Å². The molecule has 0 saturated heterocycles. The van der Waals surface area contributed by atoms with Crippen molar-refractivity contribution in [3.05, 3.63) is 22.7 Å². The van der Waals surface area contributed by atoms with Crippen LogP contribution < -0.4 is 0 Å². The van der Waals surface area contributed by atoms with Crippen LogP contribution in [-0.2, 0) is 9.59 Å². The number of ketones is 2. The minimum absolute atomic E-state index is 0.0175. The Hall–Kier alpha value is -2.24. The summed E-state index contributed by atoms with van der Waals surface area (Å²) in [5.74, 6) is 1.28. The second-order valence-corrected chi connectivity index (χ2v) is 16.4. The van der Waals surface area contributed by atoms with Crippen molar-refractivity contribution < 1.29 is 19.8 Å². The van der Waals surface area contributed by atoms with Gasteiger partial charge in [-0.05, 0) is 62.7 Å². The molecule has 0 aromatic rings. The molecule has 0 heterocycles. The SMILES string of the molecule is CC(C)CCCCCCCCN=C(CCCCCCCCC(=NC(C)C)C1=C(O)CC(C)(C)CC1=O)C1=C(O)CC(C)(C)CC1=O. The Bertz CT molecular complexity index is 1120. The molecule has 2 N–H and O–H groups in total. The predicted octanol–water partition coefficient (Wildman–Crippen LogP) is 11.2. The van der Waals surface area contributed by atoms with Crippen LogP contribution in [0.1, 0.15) is 177 Å². The molecule has 0 unspecified atom stereocenters. The van der Waals surface area contributed by atoms with Gasteiger partial charge in [0.1, 0.15) is 11.5 Å². The van der Waals surface area contributed by atoms with Crippen molar-refractivity contribution in [1.82, 2.24) is 0 Å². The Morgan fingerprint density at radius 1 is 0.609 bits per heavy atom. The van der Waals surface area contributed by atoms with Crippen molar-refractivity contribution >= 4 is 23.0 Å². The first-order valence-corrected chi connectivity index (χ1v) is 18.6. The highest BCUT2D eigenvalue weighted by molar-refractivity contribution is 6.24. The topological polar surface area (TPSA) is 99.3 Å². The minimum Gasteiger partial charge on any atom is -0.511 e. The van der Waals surface area contributed by atoms with Crippen LogP contribution >= 0.6 is 0 Å². The van der Waals surface area contributed by atoms with E-state index in [-0.39, 0.29) is 40.0 Å². The summed E-state index contributed by atoms with van der Waals surface area (Å²) < 4.78 is 0. The van der Waals surface area contributed by atoms with Gasteiger partial charge in [-0.2, -0.15) is 0 Å². The zero-order valence-electron chi connectivity index (χ0n) is 30.9. The van der Waals surface area contributed by atoms with Crippen molar-refractivity contribution in [2.75, 3.05) is 6.54 Å². The van der Waals surface area contributed by atoms with Gasteiger partial charge in [0.05, 0.1) is 11.1 Å². The molecule has 0 fully saturated rings. The fourth-order valence-electron chi connectivity index (χ4n) is 6.96. The molecule has 0 bridgehead atoms. The normalized spacial score (nSPS) is 19.3. The van der Waals surface area contributed by atoms with E-state index in [0.717, 1.165) is 81.7 Å². The molecule has 262 valence electrons. The van der Waals surface area contributed by atoms with E-state index in [4.69, 9.17) is 9.98 Å². The molecular formula is C40H68N2O4. The van der Waals surface area contributed by atoms with Crippen molar-refractivity contribution in [3.63, 3.8) is 0 Å².